The number of nitrogens with zero attached hydrogens (tertiary/aromatic N) is 1. The maximum Gasteiger partial charge on any atom is 0.251 e. The Morgan fingerprint density at radius 2 is 1.95 bits per heavy atom. The maximum absolute atomic E-state index is 12.8. The third-order valence-corrected chi connectivity index (χ3v) is 2.84. The summed E-state index contributed by atoms with van der Waals surface area (Å²) in [6.45, 7) is 2.19. The number of benzene rings is 1. The number of amides is 1. The van der Waals surface area contributed by atoms with E-state index in [1.165, 1.54) is 12.1 Å². The summed E-state index contributed by atoms with van der Waals surface area (Å²) in [4.78, 5) is 16.3. The SMILES string of the molecule is CNc1cc(C(=O)NCc2ccc(F)cc2)cc(C)n1. The molecule has 2 aromatic rings. The Bertz CT molecular complexity index is 611. The van der Waals surface area contributed by atoms with Crippen LogP contribution in [-0.4, -0.2) is 17.9 Å². The van der Waals surface area contributed by atoms with Crippen molar-refractivity contribution in [3.05, 3.63) is 59.0 Å². The highest BCUT2D eigenvalue weighted by Gasteiger charge is 2.08. The molecule has 0 unspecified atom stereocenters. The molecule has 1 heterocycles. The van der Waals surface area contributed by atoms with E-state index in [9.17, 15) is 9.18 Å². The fourth-order valence-corrected chi connectivity index (χ4v) is 1.81. The second-order valence-corrected chi connectivity index (χ2v) is 4.44. The topological polar surface area (TPSA) is 54.0 Å². The molecule has 0 saturated carbocycles. The third-order valence-electron chi connectivity index (χ3n) is 2.84. The molecule has 0 atom stereocenters. The Labute approximate surface area is 117 Å². The van der Waals surface area contributed by atoms with Crippen LogP contribution in [0.3, 0.4) is 0 Å². The molecule has 1 aromatic heterocycles. The number of hydrogen-bond acceptors (Lipinski definition) is 3. The van der Waals surface area contributed by atoms with E-state index >= 15 is 0 Å². The van der Waals surface area contributed by atoms with Crippen molar-refractivity contribution >= 4 is 11.7 Å². The van der Waals surface area contributed by atoms with Gasteiger partial charge in [0, 0.05) is 24.8 Å². The van der Waals surface area contributed by atoms with Gasteiger partial charge < -0.3 is 10.6 Å². The van der Waals surface area contributed by atoms with Gasteiger partial charge in [0.1, 0.15) is 11.6 Å². The van der Waals surface area contributed by atoms with Gasteiger partial charge in [-0.1, -0.05) is 12.1 Å². The molecule has 1 aromatic carbocycles. The van der Waals surface area contributed by atoms with Crippen LogP contribution in [0.1, 0.15) is 21.6 Å². The van der Waals surface area contributed by atoms with Gasteiger partial charge in [-0.25, -0.2) is 9.37 Å². The first-order valence-electron chi connectivity index (χ1n) is 6.27. The summed E-state index contributed by atoms with van der Waals surface area (Å²) < 4.78 is 12.8. The molecule has 0 aliphatic carbocycles. The monoisotopic (exact) mass is 273 g/mol. The Morgan fingerprint density at radius 3 is 2.60 bits per heavy atom. The first-order chi connectivity index (χ1) is 9.58. The zero-order valence-electron chi connectivity index (χ0n) is 11.4. The molecule has 0 saturated heterocycles. The molecule has 2 N–H and O–H groups in total. The van der Waals surface area contributed by atoms with Crippen LogP contribution in [0.4, 0.5) is 10.2 Å². The Hall–Kier alpha value is -2.43. The van der Waals surface area contributed by atoms with Crippen LogP contribution in [0.25, 0.3) is 0 Å². The summed E-state index contributed by atoms with van der Waals surface area (Å²) in [5, 5.41) is 5.71. The van der Waals surface area contributed by atoms with Crippen molar-refractivity contribution in [2.75, 3.05) is 12.4 Å². The van der Waals surface area contributed by atoms with Crippen molar-refractivity contribution in [1.82, 2.24) is 10.3 Å². The number of carbonyl (C=O) groups excluding carboxylic acids is 1. The maximum atomic E-state index is 12.8. The normalized spacial score (nSPS) is 10.2. The summed E-state index contributed by atoms with van der Waals surface area (Å²) in [7, 11) is 1.75. The van der Waals surface area contributed by atoms with Crippen LogP contribution in [-0.2, 0) is 6.54 Å². The fourth-order valence-electron chi connectivity index (χ4n) is 1.81. The zero-order valence-corrected chi connectivity index (χ0v) is 11.4. The second kappa shape index (κ2) is 6.14. The largest absolute Gasteiger partial charge is 0.373 e. The van der Waals surface area contributed by atoms with Crippen LogP contribution < -0.4 is 10.6 Å². The highest BCUT2D eigenvalue weighted by molar-refractivity contribution is 5.94. The molecule has 20 heavy (non-hydrogen) atoms. The van der Waals surface area contributed by atoms with Crippen molar-refractivity contribution < 1.29 is 9.18 Å². The summed E-state index contributed by atoms with van der Waals surface area (Å²) >= 11 is 0. The first-order valence-corrected chi connectivity index (χ1v) is 6.27. The summed E-state index contributed by atoms with van der Waals surface area (Å²) in [6.07, 6.45) is 0. The molecule has 0 fully saturated rings. The molecule has 0 aliphatic rings. The van der Waals surface area contributed by atoms with Gasteiger partial charge in [-0.3, -0.25) is 4.79 Å². The standard InChI is InChI=1S/C15H16FN3O/c1-10-7-12(8-14(17-2)19-10)15(20)18-9-11-3-5-13(16)6-4-11/h3-8H,9H2,1-2H3,(H,17,19)(H,18,20). The molecule has 104 valence electrons. The summed E-state index contributed by atoms with van der Waals surface area (Å²) in [5.41, 5.74) is 2.16. The minimum absolute atomic E-state index is 0.184. The van der Waals surface area contributed by atoms with Gasteiger partial charge in [0.25, 0.3) is 5.91 Å². The van der Waals surface area contributed by atoms with Crippen LogP contribution in [0, 0.1) is 12.7 Å². The van der Waals surface area contributed by atoms with Gasteiger partial charge in [-0.15, -0.1) is 0 Å². The molecule has 5 heteroatoms. The van der Waals surface area contributed by atoms with E-state index in [2.05, 4.69) is 15.6 Å². The lowest BCUT2D eigenvalue weighted by Gasteiger charge is -2.08. The van der Waals surface area contributed by atoms with Crippen LogP contribution in [0.2, 0.25) is 0 Å². The Morgan fingerprint density at radius 1 is 1.25 bits per heavy atom. The van der Waals surface area contributed by atoms with Crippen molar-refractivity contribution in [2.45, 2.75) is 13.5 Å². The number of rotatable bonds is 4. The van der Waals surface area contributed by atoms with Gasteiger partial charge >= 0.3 is 0 Å². The predicted octanol–water partition coefficient (Wildman–Crippen LogP) is 2.50. The van der Waals surface area contributed by atoms with Gasteiger partial charge in [0.05, 0.1) is 0 Å². The second-order valence-electron chi connectivity index (χ2n) is 4.44. The van der Waals surface area contributed by atoms with Crippen molar-refractivity contribution in [3.63, 3.8) is 0 Å². The minimum atomic E-state index is -0.288. The van der Waals surface area contributed by atoms with Gasteiger partial charge in [0.15, 0.2) is 0 Å². The number of anilines is 1. The van der Waals surface area contributed by atoms with Gasteiger partial charge in [0.2, 0.25) is 0 Å². The number of aromatic nitrogens is 1. The highest BCUT2D eigenvalue weighted by Crippen LogP contribution is 2.10. The van der Waals surface area contributed by atoms with E-state index in [-0.39, 0.29) is 11.7 Å². The Kier molecular flexibility index (Phi) is 4.30. The Balaban J connectivity index is 2.04. The summed E-state index contributed by atoms with van der Waals surface area (Å²) in [5.74, 6) is 0.178. The first kappa shape index (κ1) is 14.0. The molecule has 0 radical (unpaired) electrons. The van der Waals surface area contributed by atoms with Crippen LogP contribution in [0.5, 0.6) is 0 Å². The lowest BCUT2D eigenvalue weighted by atomic mass is 10.2. The van der Waals surface area contributed by atoms with E-state index in [0.29, 0.717) is 17.9 Å². The number of pyridine rings is 1. The number of hydrogen-bond donors (Lipinski definition) is 2. The average molecular weight is 273 g/mol. The van der Waals surface area contributed by atoms with E-state index < -0.39 is 0 Å². The molecule has 0 bridgehead atoms. The molecule has 4 nitrogen and oxygen atoms in total. The minimum Gasteiger partial charge on any atom is -0.373 e. The average Bonchev–Trinajstić information content (AvgIpc) is 2.45. The summed E-state index contributed by atoms with van der Waals surface area (Å²) in [6, 6.07) is 9.45. The van der Waals surface area contributed by atoms with Crippen LogP contribution >= 0.6 is 0 Å². The molecular formula is C15H16FN3O. The van der Waals surface area contributed by atoms with E-state index in [4.69, 9.17) is 0 Å². The van der Waals surface area contributed by atoms with Crippen molar-refractivity contribution in [1.29, 1.82) is 0 Å². The van der Waals surface area contributed by atoms with Gasteiger partial charge in [-0.2, -0.15) is 0 Å². The quantitative estimate of drug-likeness (QED) is 0.900. The van der Waals surface area contributed by atoms with Crippen molar-refractivity contribution in [3.8, 4) is 0 Å². The van der Waals surface area contributed by atoms with Gasteiger partial charge in [-0.05, 0) is 36.8 Å². The van der Waals surface area contributed by atoms with E-state index in [0.717, 1.165) is 11.3 Å². The fraction of sp³-hybridized carbons (Fsp3) is 0.200. The predicted molar refractivity (Wildman–Crippen MR) is 76.1 cm³/mol. The molecule has 0 spiro atoms. The van der Waals surface area contributed by atoms with E-state index in [1.807, 2.05) is 6.92 Å². The number of carbonyl (C=O) groups is 1. The number of halogens is 1. The molecule has 0 aliphatic heterocycles. The van der Waals surface area contributed by atoms with Crippen LogP contribution in [0.15, 0.2) is 36.4 Å². The van der Waals surface area contributed by atoms with Crippen molar-refractivity contribution in [2.24, 2.45) is 0 Å². The molecule has 2 rings (SSSR count). The molecule has 1 amide bonds. The van der Waals surface area contributed by atoms with E-state index in [1.54, 1.807) is 31.3 Å². The number of nitrogens with one attached hydrogen (secondary N) is 2. The lowest BCUT2D eigenvalue weighted by Crippen LogP contribution is -2.23. The third kappa shape index (κ3) is 3.54. The lowest BCUT2D eigenvalue weighted by molar-refractivity contribution is 0.0950. The zero-order chi connectivity index (χ0) is 14.5. The molecular weight excluding hydrogens is 257 g/mol. The smallest absolute Gasteiger partial charge is 0.251 e. The highest BCUT2D eigenvalue weighted by atomic mass is 19.1. The number of aryl methyl sites for hydroxylation is 1.